The predicted octanol–water partition coefficient (Wildman–Crippen LogP) is 1.76. The van der Waals surface area contributed by atoms with Crippen LogP contribution in [0.4, 0.5) is 0 Å². The quantitative estimate of drug-likeness (QED) is 0.833. The van der Waals surface area contributed by atoms with E-state index in [1.54, 1.807) is 11.3 Å². The Morgan fingerprint density at radius 3 is 2.81 bits per heavy atom. The normalized spacial score (nSPS) is 17.9. The van der Waals surface area contributed by atoms with Crippen LogP contribution in [0.1, 0.15) is 15.6 Å². The van der Waals surface area contributed by atoms with Crippen LogP contribution in [0, 0.1) is 6.92 Å². The molecule has 1 aromatic rings. The monoisotopic (exact) mass is 258 g/mol. The summed E-state index contributed by atoms with van der Waals surface area (Å²) in [6.45, 7) is 7.04. The van der Waals surface area contributed by atoms with Gasteiger partial charge in [0, 0.05) is 36.7 Å². The smallest absolute Gasteiger partial charge is 0.0944 e. The van der Waals surface area contributed by atoms with Gasteiger partial charge in [0.05, 0.1) is 23.9 Å². The van der Waals surface area contributed by atoms with Crippen LogP contribution in [-0.2, 0) is 16.9 Å². The van der Waals surface area contributed by atoms with Crippen LogP contribution < -0.4 is 0 Å². The van der Waals surface area contributed by atoms with Gasteiger partial charge in [-0.2, -0.15) is 12.6 Å². The van der Waals surface area contributed by atoms with Crippen molar-refractivity contribution in [2.24, 2.45) is 0 Å². The highest BCUT2D eigenvalue weighted by Gasteiger charge is 2.12. The van der Waals surface area contributed by atoms with Gasteiger partial charge < -0.3 is 4.74 Å². The maximum atomic E-state index is 5.33. The van der Waals surface area contributed by atoms with Gasteiger partial charge in [-0.05, 0) is 6.92 Å². The van der Waals surface area contributed by atoms with Crippen molar-refractivity contribution in [3.63, 3.8) is 0 Å². The highest BCUT2D eigenvalue weighted by atomic mass is 32.1. The van der Waals surface area contributed by atoms with Crippen molar-refractivity contribution in [2.45, 2.75) is 19.1 Å². The largest absolute Gasteiger partial charge is 0.379 e. The van der Waals surface area contributed by atoms with Crippen molar-refractivity contribution in [2.75, 3.05) is 32.8 Å². The second-order valence-corrected chi connectivity index (χ2v) is 5.46. The van der Waals surface area contributed by atoms with E-state index >= 15 is 0 Å². The molecule has 0 N–H and O–H groups in total. The van der Waals surface area contributed by atoms with Crippen LogP contribution in [0.5, 0.6) is 0 Å². The number of rotatable bonds is 4. The number of nitrogens with zero attached hydrogens (tertiary/aromatic N) is 2. The van der Waals surface area contributed by atoms with Crippen LogP contribution in [0.2, 0.25) is 0 Å². The van der Waals surface area contributed by atoms with E-state index in [-0.39, 0.29) is 0 Å². The van der Waals surface area contributed by atoms with E-state index in [4.69, 9.17) is 4.74 Å². The molecule has 1 aliphatic heterocycles. The molecule has 1 aliphatic rings. The zero-order valence-corrected chi connectivity index (χ0v) is 11.3. The first-order valence-electron chi connectivity index (χ1n) is 5.65. The van der Waals surface area contributed by atoms with Crippen LogP contribution in [0.15, 0.2) is 0 Å². The third-order valence-corrected chi connectivity index (χ3v) is 4.57. The zero-order chi connectivity index (χ0) is 11.4. The molecule has 0 spiro atoms. The van der Waals surface area contributed by atoms with Gasteiger partial charge >= 0.3 is 0 Å². The van der Waals surface area contributed by atoms with E-state index in [1.807, 2.05) is 0 Å². The lowest BCUT2D eigenvalue weighted by Gasteiger charge is -2.25. The number of aromatic nitrogens is 1. The average molecular weight is 258 g/mol. The highest BCUT2D eigenvalue weighted by molar-refractivity contribution is 7.79. The summed E-state index contributed by atoms with van der Waals surface area (Å²) < 4.78 is 5.33. The molecule has 2 heterocycles. The van der Waals surface area contributed by atoms with Gasteiger partial charge in [0.2, 0.25) is 0 Å². The molecule has 2 rings (SSSR count). The third kappa shape index (κ3) is 3.20. The molecular weight excluding hydrogens is 240 g/mol. The zero-order valence-electron chi connectivity index (χ0n) is 9.61. The van der Waals surface area contributed by atoms with Crippen molar-refractivity contribution < 1.29 is 4.74 Å². The summed E-state index contributed by atoms with van der Waals surface area (Å²) in [5, 5.41) is 1.24. The summed E-state index contributed by atoms with van der Waals surface area (Å²) >= 11 is 6.11. The summed E-state index contributed by atoms with van der Waals surface area (Å²) in [6, 6.07) is 0. The molecule has 1 saturated heterocycles. The fourth-order valence-electron chi connectivity index (χ4n) is 1.82. The van der Waals surface area contributed by atoms with Gasteiger partial charge in [-0.25, -0.2) is 4.98 Å². The Bertz CT molecular complexity index is 335. The molecule has 0 radical (unpaired) electrons. The third-order valence-electron chi connectivity index (χ3n) is 2.83. The number of morpholine rings is 1. The Hall–Kier alpha value is -0.100. The lowest BCUT2D eigenvalue weighted by Crippen LogP contribution is -2.37. The molecule has 0 aromatic carbocycles. The Morgan fingerprint density at radius 2 is 2.19 bits per heavy atom. The molecule has 1 aromatic heterocycles. The maximum absolute atomic E-state index is 5.33. The number of hydrogen-bond donors (Lipinski definition) is 1. The first-order valence-corrected chi connectivity index (χ1v) is 7.10. The van der Waals surface area contributed by atoms with Crippen LogP contribution in [-0.4, -0.2) is 42.7 Å². The van der Waals surface area contributed by atoms with Gasteiger partial charge in [0.25, 0.3) is 0 Å². The minimum Gasteiger partial charge on any atom is -0.379 e. The Balaban J connectivity index is 1.83. The van der Waals surface area contributed by atoms with E-state index in [2.05, 4.69) is 29.4 Å². The van der Waals surface area contributed by atoms with Crippen molar-refractivity contribution in [3.05, 3.63) is 15.6 Å². The first-order chi connectivity index (χ1) is 7.79. The summed E-state index contributed by atoms with van der Waals surface area (Å²) in [5.41, 5.74) is 1.15. The Kier molecular flexibility index (Phi) is 4.64. The Morgan fingerprint density at radius 1 is 1.44 bits per heavy atom. The van der Waals surface area contributed by atoms with Crippen molar-refractivity contribution in [1.29, 1.82) is 0 Å². The topological polar surface area (TPSA) is 25.4 Å². The predicted molar refractivity (Wildman–Crippen MR) is 70.5 cm³/mol. The summed E-state index contributed by atoms with van der Waals surface area (Å²) in [7, 11) is 0. The molecule has 1 fully saturated rings. The fraction of sp³-hybridized carbons (Fsp3) is 0.727. The van der Waals surface area contributed by atoms with Crippen LogP contribution in [0.3, 0.4) is 0 Å². The first kappa shape index (κ1) is 12.4. The Labute approximate surface area is 106 Å². The number of hydrogen-bond acceptors (Lipinski definition) is 5. The second kappa shape index (κ2) is 6.00. The van der Waals surface area contributed by atoms with E-state index in [1.165, 1.54) is 9.88 Å². The summed E-state index contributed by atoms with van der Waals surface area (Å²) in [5.74, 6) is 0.807. The van der Waals surface area contributed by atoms with Gasteiger partial charge in [-0.3, -0.25) is 4.90 Å². The molecule has 0 aliphatic carbocycles. The molecule has 5 heteroatoms. The highest BCUT2D eigenvalue weighted by Crippen LogP contribution is 2.20. The number of aryl methyl sites for hydroxylation is 1. The lowest BCUT2D eigenvalue weighted by atomic mass is 10.3. The molecular formula is C11H18N2OS2. The molecule has 0 saturated carbocycles. The summed E-state index contributed by atoms with van der Waals surface area (Å²) in [6.07, 6.45) is 1.05. The van der Waals surface area contributed by atoms with E-state index in [9.17, 15) is 0 Å². The van der Waals surface area contributed by atoms with Crippen molar-refractivity contribution in [3.8, 4) is 0 Å². The molecule has 3 nitrogen and oxygen atoms in total. The average Bonchev–Trinajstić information content (AvgIpc) is 2.69. The number of thiazole rings is 1. The molecule has 16 heavy (non-hydrogen) atoms. The fourth-order valence-corrected chi connectivity index (χ4v) is 3.16. The van der Waals surface area contributed by atoms with Gasteiger partial charge in [0.15, 0.2) is 0 Å². The van der Waals surface area contributed by atoms with E-state index in [0.717, 1.165) is 50.7 Å². The van der Waals surface area contributed by atoms with Gasteiger partial charge in [-0.1, -0.05) is 0 Å². The van der Waals surface area contributed by atoms with Crippen molar-refractivity contribution >= 4 is 24.0 Å². The molecule has 0 amide bonds. The molecule has 0 unspecified atom stereocenters. The number of ether oxygens (including phenoxy) is 1. The molecule has 90 valence electrons. The van der Waals surface area contributed by atoms with Crippen LogP contribution >= 0.6 is 24.0 Å². The van der Waals surface area contributed by atoms with E-state index < -0.39 is 0 Å². The van der Waals surface area contributed by atoms with Gasteiger partial charge in [0.1, 0.15) is 0 Å². The second-order valence-electron chi connectivity index (χ2n) is 3.98. The number of thiol groups is 1. The minimum atomic E-state index is 0.807. The molecule has 0 bridgehead atoms. The minimum absolute atomic E-state index is 0.807. The van der Waals surface area contributed by atoms with Crippen molar-refractivity contribution in [1.82, 2.24) is 9.88 Å². The maximum Gasteiger partial charge on any atom is 0.0944 e. The van der Waals surface area contributed by atoms with Crippen LogP contribution in [0.25, 0.3) is 0 Å². The molecule has 0 atom stereocenters. The lowest BCUT2D eigenvalue weighted by molar-refractivity contribution is 0.0384. The van der Waals surface area contributed by atoms with Gasteiger partial charge in [-0.15, -0.1) is 11.3 Å². The summed E-state index contributed by atoms with van der Waals surface area (Å²) in [4.78, 5) is 8.33. The standard InChI is InChI=1S/C11H18N2OS2/c1-9-10(8-15)16-11(12-9)2-3-13-4-6-14-7-5-13/h15H,2-8H2,1H3. The SMILES string of the molecule is Cc1nc(CCN2CCOCC2)sc1CS. The van der Waals surface area contributed by atoms with E-state index in [0.29, 0.717) is 0 Å².